The zero-order valence-corrected chi connectivity index (χ0v) is 9.93. The lowest BCUT2D eigenvalue weighted by molar-refractivity contribution is -0.120. The van der Waals surface area contributed by atoms with Gasteiger partial charge in [0, 0.05) is 12.8 Å². The van der Waals surface area contributed by atoms with E-state index in [1.165, 1.54) is 5.56 Å². The number of Topliss-reactive ketones (excluding diaryl/α,β-unsaturated/α-hetero) is 1. The van der Waals surface area contributed by atoms with Crippen LogP contribution >= 0.6 is 0 Å². The molecule has 1 N–H and O–H groups in total. The third-order valence-electron chi connectivity index (χ3n) is 3.28. The Labute approximate surface area is 102 Å². The van der Waals surface area contributed by atoms with Crippen LogP contribution < -0.4 is 0 Å². The highest BCUT2D eigenvalue weighted by Gasteiger charge is 2.20. The summed E-state index contributed by atoms with van der Waals surface area (Å²) < 4.78 is 0. The maximum absolute atomic E-state index is 11.5. The smallest absolute Gasteiger partial charge is 0.133 e. The molecule has 1 unspecified atom stereocenters. The first-order valence-corrected chi connectivity index (χ1v) is 6.18. The molecule has 0 bridgehead atoms. The van der Waals surface area contributed by atoms with Crippen LogP contribution in [0.15, 0.2) is 30.3 Å². The van der Waals surface area contributed by atoms with Gasteiger partial charge in [0.25, 0.3) is 0 Å². The first-order chi connectivity index (χ1) is 8.29. The normalized spacial score (nSPS) is 21.0. The summed E-state index contributed by atoms with van der Waals surface area (Å²) in [7, 11) is 0. The molecule has 1 atom stereocenters. The first kappa shape index (κ1) is 12.1. The first-order valence-electron chi connectivity index (χ1n) is 6.18. The van der Waals surface area contributed by atoms with Crippen LogP contribution in [0.2, 0.25) is 0 Å². The van der Waals surface area contributed by atoms with Gasteiger partial charge in [-0.05, 0) is 29.9 Å². The molecule has 1 aromatic carbocycles. The van der Waals surface area contributed by atoms with Crippen molar-refractivity contribution < 1.29 is 9.90 Å². The average molecular weight is 230 g/mol. The van der Waals surface area contributed by atoms with Crippen LogP contribution in [0.4, 0.5) is 0 Å². The van der Waals surface area contributed by atoms with Gasteiger partial charge in [-0.1, -0.05) is 36.4 Å². The third-order valence-corrected chi connectivity index (χ3v) is 3.28. The number of carbonyl (C=O) groups excluding carboxylic acids is 1. The second-order valence-corrected chi connectivity index (χ2v) is 4.59. The Balaban J connectivity index is 2.14. The molecule has 0 radical (unpaired) electrons. The van der Waals surface area contributed by atoms with Gasteiger partial charge in [0.1, 0.15) is 5.78 Å². The van der Waals surface area contributed by atoms with Crippen LogP contribution in [0.1, 0.15) is 42.7 Å². The molecule has 2 nitrogen and oxygen atoms in total. The Morgan fingerprint density at radius 1 is 1.41 bits per heavy atom. The second kappa shape index (κ2) is 5.78. The quantitative estimate of drug-likeness (QED) is 0.866. The van der Waals surface area contributed by atoms with E-state index >= 15 is 0 Å². The molecule has 0 heterocycles. The topological polar surface area (TPSA) is 37.3 Å². The zero-order valence-electron chi connectivity index (χ0n) is 9.93. The minimum atomic E-state index is 0.0616. The summed E-state index contributed by atoms with van der Waals surface area (Å²) in [5.74, 6) is 0.774. The number of carbonyl (C=O) groups is 1. The van der Waals surface area contributed by atoms with Crippen LogP contribution in [0.3, 0.4) is 0 Å². The summed E-state index contributed by atoms with van der Waals surface area (Å²) in [5.41, 5.74) is 2.34. The highest BCUT2D eigenvalue weighted by atomic mass is 16.2. The molecule has 0 aromatic heterocycles. The van der Waals surface area contributed by atoms with E-state index in [0.29, 0.717) is 18.1 Å². The van der Waals surface area contributed by atoms with Gasteiger partial charge in [0.15, 0.2) is 0 Å². The molecule has 0 aliphatic heterocycles. The molecule has 90 valence electrons. The van der Waals surface area contributed by atoms with Gasteiger partial charge in [0.2, 0.25) is 0 Å². The molecule has 17 heavy (non-hydrogen) atoms. The molecule has 0 amide bonds. The maximum Gasteiger partial charge on any atom is 0.133 e. The van der Waals surface area contributed by atoms with E-state index in [4.69, 9.17) is 5.11 Å². The van der Waals surface area contributed by atoms with Crippen LogP contribution in [-0.4, -0.2) is 17.5 Å². The van der Waals surface area contributed by atoms with Crippen LogP contribution in [-0.2, 0) is 4.79 Å². The molecule has 1 fully saturated rings. The largest absolute Gasteiger partial charge is 0.392 e. The minimum absolute atomic E-state index is 0.0616. The van der Waals surface area contributed by atoms with E-state index in [-0.39, 0.29) is 6.61 Å². The fourth-order valence-corrected chi connectivity index (χ4v) is 2.41. The van der Waals surface area contributed by atoms with Crippen LogP contribution in [0.25, 0.3) is 6.08 Å². The summed E-state index contributed by atoms with van der Waals surface area (Å²) >= 11 is 0. The van der Waals surface area contributed by atoms with E-state index in [1.807, 2.05) is 18.2 Å². The van der Waals surface area contributed by atoms with Crippen molar-refractivity contribution in [1.29, 1.82) is 0 Å². The number of aliphatic hydroxyl groups is 1. The van der Waals surface area contributed by atoms with Crippen molar-refractivity contribution in [2.24, 2.45) is 0 Å². The lowest BCUT2D eigenvalue weighted by atomic mass is 9.83. The fourth-order valence-electron chi connectivity index (χ4n) is 2.41. The molecular formula is C15H18O2. The molecular weight excluding hydrogens is 212 g/mol. The summed E-state index contributed by atoms with van der Waals surface area (Å²) in [6.07, 6.45) is 7.20. The van der Waals surface area contributed by atoms with E-state index in [2.05, 4.69) is 12.1 Å². The lowest BCUT2D eigenvalue weighted by Gasteiger charge is -2.21. The Hall–Kier alpha value is -1.41. The SMILES string of the molecule is O=C1CCCC(c2cccc(/C=C/CO)c2)C1. The molecule has 0 saturated heterocycles. The Morgan fingerprint density at radius 2 is 2.29 bits per heavy atom. The van der Waals surface area contributed by atoms with Crippen LogP contribution in [0.5, 0.6) is 0 Å². The van der Waals surface area contributed by atoms with E-state index in [0.717, 1.165) is 24.8 Å². The fraction of sp³-hybridized carbons (Fsp3) is 0.400. The van der Waals surface area contributed by atoms with Gasteiger partial charge in [-0.3, -0.25) is 4.79 Å². The zero-order chi connectivity index (χ0) is 12.1. The molecule has 1 aliphatic rings. The Kier molecular flexibility index (Phi) is 4.10. The lowest BCUT2D eigenvalue weighted by Crippen LogP contribution is -2.13. The number of rotatable bonds is 3. The van der Waals surface area contributed by atoms with Crippen molar-refractivity contribution in [3.05, 3.63) is 41.5 Å². The van der Waals surface area contributed by atoms with Crippen molar-refractivity contribution >= 4 is 11.9 Å². The summed E-state index contributed by atoms with van der Waals surface area (Å²) in [4.78, 5) is 11.5. The van der Waals surface area contributed by atoms with E-state index < -0.39 is 0 Å². The van der Waals surface area contributed by atoms with Gasteiger partial charge < -0.3 is 5.11 Å². The molecule has 2 heteroatoms. The number of ketones is 1. The van der Waals surface area contributed by atoms with Crippen molar-refractivity contribution in [3.63, 3.8) is 0 Å². The van der Waals surface area contributed by atoms with Gasteiger partial charge in [-0.2, -0.15) is 0 Å². The van der Waals surface area contributed by atoms with E-state index in [1.54, 1.807) is 6.08 Å². The number of benzene rings is 1. The standard InChI is InChI=1S/C15H18O2/c16-9-3-5-12-4-1-6-13(10-12)14-7-2-8-15(17)11-14/h1,3-6,10,14,16H,2,7-9,11H2/b5-3+. The predicted octanol–water partition coefficient (Wildman–Crippen LogP) is 2.92. The third kappa shape index (κ3) is 3.27. The van der Waals surface area contributed by atoms with Crippen molar-refractivity contribution in [2.45, 2.75) is 31.6 Å². The number of hydrogen-bond acceptors (Lipinski definition) is 2. The average Bonchev–Trinajstić information content (AvgIpc) is 2.37. The minimum Gasteiger partial charge on any atom is -0.392 e. The van der Waals surface area contributed by atoms with Gasteiger partial charge in [-0.15, -0.1) is 0 Å². The molecule has 1 saturated carbocycles. The van der Waals surface area contributed by atoms with Crippen LogP contribution in [0, 0.1) is 0 Å². The van der Waals surface area contributed by atoms with Gasteiger partial charge in [-0.25, -0.2) is 0 Å². The molecule has 2 rings (SSSR count). The number of aliphatic hydroxyl groups excluding tert-OH is 1. The predicted molar refractivity (Wildman–Crippen MR) is 68.8 cm³/mol. The molecule has 0 spiro atoms. The summed E-state index contributed by atoms with van der Waals surface area (Å²) in [5, 5.41) is 8.75. The highest BCUT2D eigenvalue weighted by molar-refractivity contribution is 5.80. The van der Waals surface area contributed by atoms with Gasteiger partial charge in [0.05, 0.1) is 6.61 Å². The molecule has 1 aliphatic carbocycles. The Bertz CT molecular complexity index is 421. The second-order valence-electron chi connectivity index (χ2n) is 4.59. The van der Waals surface area contributed by atoms with E-state index in [9.17, 15) is 4.79 Å². The maximum atomic E-state index is 11.5. The molecule has 1 aromatic rings. The monoisotopic (exact) mass is 230 g/mol. The highest BCUT2D eigenvalue weighted by Crippen LogP contribution is 2.31. The van der Waals surface area contributed by atoms with Gasteiger partial charge >= 0.3 is 0 Å². The summed E-state index contributed by atoms with van der Waals surface area (Å²) in [6, 6.07) is 8.25. The Morgan fingerprint density at radius 3 is 3.06 bits per heavy atom. The summed E-state index contributed by atoms with van der Waals surface area (Å²) in [6.45, 7) is 0.0616. The van der Waals surface area contributed by atoms with Crippen molar-refractivity contribution in [1.82, 2.24) is 0 Å². The van der Waals surface area contributed by atoms with Crippen molar-refractivity contribution in [3.8, 4) is 0 Å². The van der Waals surface area contributed by atoms with Crippen molar-refractivity contribution in [2.75, 3.05) is 6.61 Å². The number of hydrogen-bond donors (Lipinski definition) is 1.